The number of aromatic nitrogens is 2. The van der Waals surface area contributed by atoms with Gasteiger partial charge in [-0.25, -0.2) is 15.0 Å². The first-order valence-electron chi connectivity index (χ1n) is 6.95. The third-order valence-electron chi connectivity index (χ3n) is 3.57. The topological polar surface area (TPSA) is 78.7 Å². The molecule has 3 rings (SSSR count). The van der Waals surface area contributed by atoms with Gasteiger partial charge in [-0.3, -0.25) is 4.79 Å². The van der Waals surface area contributed by atoms with Crippen LogP contribution < -0.4 is 0 Å². The molecule has 0 saturated heterocycles. The summed E-state index contributed by atoms with van der Waals surface area (Å²) in [4.78, 5) is 20.4. The van der Waals surface area contributed by atoms with Gasteiger partial charge >= 0.3 is 0 Å². The number of phenolic OH excluding ortho intramolecular Hbond substituents is 1. The van der Waals surface area contributed by atoms with Crippen molar-refractivity contribution in [1.29, 1.82) is 0 Å². The Kier molecular flexibility index (Phi) is 3.36. The van der Waals surface area contributed by atoms with Crippen molar-refractivity contribution in [3.63, 3.8) is 0 Å². The molecule has 1 amide bonds. The molecule has 0 unspecified atom stereocenters. The van der Waals surface area contributed by atoms with Crippen LogP contribution in [0.25, 0.3) is 0 Å². The minimum absolute atomic E-state index is 0.179. The number of aromatic hydroxyl groups is 1. The van der Waals surface area contributed by atoms with Crippen LogP contribution in [-0.2, 0) is 0 Å². The fraction of sp³-hybridized carbons (Fsp3) is 0.250. The van der Waals surface area contributed by atoms with Crippen molar-refractivity contribution in [2.45, 2.75) is 25.8 Å². The molecule has 0 atom stereocenters. The summed E-state index contributed by atoms with van der Waals surface area (Å²) in [7, 11) is 0. The van der Waals surface area contributed by atoms with E-state index in [1.54, 1.807) is 24.3 Å². The van der Waals surface area contributed by atoms with Crippen LogP contribution in [0.2, 0.25) is 0 Å². The molecule has 1 N–H and O–H groups in total. The zero-order valence-electron chi connectivity index (χ0n) is 12.4. The Morgan fingerprint density at radius 2 is 2.14 bits per heavy atom. The van der Waals surface area contributed by atoms with Crippen molar-refractivity contribution in [3.8, 4) is 5.75 Å². The fourth-order valence-corrected chi connectivity index (χ4v) is 2.47. The molecule has 2 aromatic rings. The largest absolute Gasteiger partial charge is 0.508 e. The van der Waals surface area contributed by atoms with Crippen LogP contribution in [0.4, 0.5) is 0 Å². The van der Waals surface area contributed by atoms with Crippen molar-refractivity contribution in [2.75, 3.05) is 0 Å². The minimum Gasteiger partial charge on any atom is -0.508 e. The van der Waals surface area contributed by atoms with Gasteiger partial charge in [-0.15, -0.1) is 0 Å². The van der Waals surface area contributed by atoms with Gasteiger partial charge in [0.1, 0.15) is 17.8 Å². The van der Waals surface area contributed by atoms with Gasteiger partial charge in [-0.05, 0) is 32.0 Å². The van der Waals surface area contributed by atoms with E-state index < -0.39 is 5.54 Å². The molecule has 112 valence electrons. The summed E-state index contributed by atoms with van der Waals surface area (Å²) in [6.07, 6.45) is 3.48. The summed E-state index contributed by atoms with van der Waals surface area (Å²) in [5.74, 6) is -0.0823. The second kappa shape index (κ2) is 5.22. The van der Waals surface area contributed by atoms with Gasteiger partial charge in [-0.1, -0.05) is 12.1 Å². The summed E-state index contributed by atoms with van der Waals surface area (Å²) >= 11 is 0. The van der Waals surface area contributed by atoms with Gasteiger partial charge in [0.25, 0.3) is 5.91 Å². The van der Waals surface area contributed by atoms with E-state index in [-0.39, 0.29) is 11.7 Å². The molecular weight excluding hydrogens is 280 g/mol. The van der Waals surface area contributed by atoms with Crippen LogP contribution in [0.15, 0.2) is 48.0 Å². The molecule has 0 saturated carbocycles. The van der Waals surface area contributed by atoms with E-state index in [0.717, 1.165) is 11.3 Å². The highest BCUT2D eigenvalue weighted by atomic mass is 16.3. The number of hydrogen-bond donors (Lipinski definition) is 1. The molecule has 0 aliphatic carbocycles. The zero-order chi connectivity index (χ0) is 15.7. The Labute approximate surface area is 128 Å². The summed E-state index contributed by atoms with van der Waals surface area (Å²) in [5, 5.41) is 15.5. The first kappa shape index (κ1) is 14.2. The predicted octanol–water partition coefficient (Wildman–Crippen LogP) is 2.21. The highest BCUT2D eigenvalue weighted by Crippen LogP contribution is 2.31. The van der Waals surface area contributed by atoms with Gasteiger partial charge in [0.05, 0.1) is 11.3 Å². The van der Waals surface area contributed by atoms with Crippen molar-refractivity contribution in [2.24, 2.45) is 5.10 Å². The van der Waals surface area contributed by atoms with Crippen LogP contribution in [0.3, 0.4) is 0 Å². The molecule has 0 bridgehead atoms. The van der Waals surface area contributed by atoms with E-state index in [1.165, 1.54) is 17.5 Å². The molecule has 6 nitrogen and oxygen atoms in total. The number of carbonyl (C=O) groups excluding carboxylic acids is 1. The second-order valence-corrected chi connectivity index (χ2v) is 5.80. The maximum Gasteiger partial charge on any atom is 0.293 e. The highest BCUT2D eigenvalue weighted by molar-refractivity contribution is 6.05. The van der Waals surface area contributed by atoms with Crippen molar-refractivity contribution < 1.29 is 9.90 Å². The Morgan fingerprint density at radius 1 is 1.32 bits per heavy atom. The quantitative estimate of drug-likeness (QED) is 0.921. The Balaban J connectivity index is 1.95. The number of benzene rings is 1. The lowest BCUT2D eigenvalue weighted by molar-refractivity contribution is 0.0606. The number of phenols is 1. The van der Waals surface area contributed by atoms with E-state index >= 15 is 0 Å². The first-order valence-corrected chi connectivity index (χ1v) is 6.95. The predicted molar refractivity (Wildman–Crippen MR) is 81.5 cm³/mol. The molecule has 0 radical (unpaired) electrons. The fourth-order valence-electron chi connectivity index (χ4n) is 2.47. The summed E-state index contributed by atoms with van der Waals surface area (Å²) in [5.41, 5.74) is 1.43. The van der Waals surface area contributed by atoms with Crippen molar-refractivity contribution in [3.05, 3.63) is 54.1 Å². The monoisotopic (exact) mass is 296 g/mol. The van der Waals surface area contributed by atoms with Gasteiger partial charge in [-0.2, -0.15) is 5.10 Å². The van der Waals surface area contributed by atoms with E-state index in [4.69, 9.17) is 0 Å². The normalized spacial score (nSPS) is 16.5. The molecular formula is C16H16N4O2. The molecule has 1 aromatic heterocycles. The number of hydrogen-bond acceptors (Lipinski definition) is 5. The smallest absolute Gasteiger partial charge is 0.293 e. The van der Waals surface area contributed by atoms with Gasteiger partial charge < -0.3 is 5.11 Å². The third kappa shape index (κ3) is 2.55. The number of carbonyl (C=O) groups is 1. The van der Waals surface area contributed by atoms with Gasteiger partial charge in [0.15, 0.2) is 0 Å². The second-order valence-electron chi connectivity index (χ2n) is 5.80. The Bertz CT molecular complexity index is 741. The Hall–Kier alpha value is -2.76. The zero-order valence-corrected chi connectivity index (χ0v) is 12.4. The first-order chi connectivity index (χ1) is 10.5. The lowest BCUT2D eigenvalue weighted by atomic mass is 9.94. The Morgan fingerprint density at radius 3 is 2.82 bits per heavy atom. The SMILES string of the molecule is CC1(C)CC(c2cccc(O)c2)=NN1C(=O)c1ccncn1. The molecule has 22 heavy (non-hydrogen) atoms. The number of hydrazone groups is 1. The lowest BCUT2D eigenvalue weighted by Crippen LogP contribution is -2.41. The summed E-state index contributed by atoms with van der Waals surface area (Å²) in [6, 6.07) is 8.45. The van der Waals surface area contributed by atoms with E-state index in [0.29, 0.717) is 12.1 Å². The third-order valence-corrected chi connectivity index (χ3v) is 3.57. The number of rotatable bonds is 2. The van der Waals surface area contributed by atoms with Crippen LogP contribution in [0.1, 0.15) is 36.3 Å². The molecule has 0 fully saturated rings. The highest BCUT2D eigenvalue weighted by Gasteiger charge is 2.39. The lowest BCUT2D eigenvalue weighted by Gasteiger charge is -2.28. The van der Waals surface area contributed by atoms with Gasteiger partial charge in [0.2, 0.25) is 0 Å². The molecule has 6 heteroatoms. The molecule has 0 spiro atoms. The molecule has 1 aliphatic rings. The van der Waals surface area contributed by atoms with E-state index in [9.17, 15) is 9.90 Å². The molecule has 1 aliphatic heterocycles. The van der Waals surface area contributed by atoms with E-state index in [2.05, 4.69) is 15.1 Å². The standard InChI is InChI=1S/C16H16N4O2/c1-16(2)9-14(11-4-3-5-12(21)8-11)19-20(16)15(22)13-6-7-17-10-18-13/h3-8,10,21H,9H2,1-2H3. The van der Waals surface area contributed by atoms with Crippen molar-refractivity contribution in [1.82, 2.24) is 15.0 Å². The van der Waals surface area contributed by atoms with E-state index in [1.807, 2.05) is 19.9 Å². The number of amides is 1. The molecule has 1 aromatic carbocycles. The van der Waals surface area contributed by atoms with Crippen LogP contribution in [0, 0.1) is 0 Å². The van der Waals surface area contributed by atoms with Crippen molar-refractivity contribution >= 4 is 11.6 Å². The maximum atomic E-state index is 12.6. The summed E-state index contributed by atoms with van der Waals surface area (Å²) < 4.78 is 0. The minimum atomic E-state index is -0.456. The van der Waals surface area contributed by atoms with Crippen LogP contribution >= 0.6 is 0 Å². The van der Waals surface area contributed by atoms with Gasteiger partial charge in [0, 0.05) is 18.2 Å². The maximum absolute atomic E-state index is 12.6. The number of nitrogens with zero attached hydrogens (tertiary/aromatic N) is 4. The average molecular weight is 296 g/mol. The average Bonchev–Trinajstić information content (AvgIpc) is 2.83. The molecule has 2 heterocycles. The van der Waals surface area contributed by atoms with Crippen LogP contribution in [-0.4, -0.2) is 37.2 Å². The summed E-state index contributed by atoms with van der Waals surface area (Å²) in [6.45, 7) is 3.90. The van der Waals surface area contributed by atoms with Crippen LogP contribution in [0.5, 0.6) is 5.75 Å².